The van der Waals surface area contributed by atoms with Crippen molar-refractivity contribution in [2.75, 3.05) is 32.1 Å². The number of nitrogens with zero attached hydrogens (tertiary/aromatic N) is 2. The predicted molar refractivity (Wildman–Crippen MR) is 98.7 cm³/mol. The summed E-state index contributed by atoms with van der Waals surface area (Å²) >= 11 is 0. The number of anilines is 1. The SMILES string of the molecule is Cc1ccccc1[C@H]1C(=O)NCCN1C(=O)c1ccc(N(C)C)cc1. The maximum absolute atomic E-state index is 13.1. The van der Waals surface area contributed by atoms with Crippen LogP contribution in [0.4, 0.5) is 5.69 Å². The quantitative estimate of drug-likeness (QED) is 0.935. The molecule has 1 atom stereocenters. The fraction of sp³-hybridized carbons (Fsp3) is 0.300. The molecule has 0 saturated carbocycles. The van der Waals surface area contributed by atoms with Crippen molar-refractivity contribution in [1.29, 1.82) is 0 Å². The molecule has 1 saturated heterocycles. The van der Waals surface area contributed by atoms with Crippen LogP contribution in [0.1, 0.15) is 27.5 Å². The summed E-state index contributed by atoms with van der Waals surface area (Å²) in [5.74, 6) is -0.243. The maximum atomic E-state index is 13.1. The van der Waals surface area contributed by atoms with Crippen LogP contribution in [0, 0.1) is 6.92 Å². The second kappa shape index (κ2) is 6.97. The second-order valence-corrected chi connectivity index (χ2v) is 6.49. The van der Waals surface area contributed by atoms with Gasteiger partial charge in [0.05, 0.1) is 0 Å². The number of carbonyl (C=O) groups is 2. The van der Waals surface area contributed by atoms with E-state index in [2.05, 4.69) is 5.32 Å². The van der Waals surface area contributed by atoms with E-state index in [-0.39, 0.29) is 11.8 Å². The second-order valence-electron chi connectivity index (χ2n) is 6.49. The Bertz CT molecular complexity index is 784. The van der Waals surface area contributed by atoms with Gasteiger partial charge in [0.2, 0.25) is 5.91 Å². The minimum atomic E-state index is -0.587. The van der Waals surface area contributed by atoms with Gasteiger partial charge < -0.3 is 15.1 Å². The Morgan fingerprint density at radius 1 is 1.12 bits per heavy atom. The lowest BCUT2D eigenvalue weighted by atomic mass is 9.97. The molecule has 1 aliphatic rings. The van der Waals surface area contributed by atoms with E-state index >= 15 is 0 Å². The van der Waals surface area contributed by atoms with Crippen LogP contribution in [0.5, 0.6) is 0 Å². The Kier molecular flexibility index (Phi) is 4.74. The lowest BCUT2D eigenvalue weighted by Crippen LogP contribution is -2.52. The van der Waals surface area contributed by atoms with Crippen molar-refractivity contribution in [2.24, 2.45) is 0 Å². The van der Waals surface area contributed by atoms with Crippen molar-refractivity contribution in [1.82, 2.24) is 10.2 Å². The van der Waals surface area contributed by atoms with Crippen molar-refractivity contribution >= 4 is 17.5 Å². The lowest BCUT2D eigenvalue weighted by Gasteiger charge is -2.36. The van der Waals surface area contributed by atoms with Crippen molar-refractivity contribution in [3.63, 3.8) is 0 Å². The first-order valence-corrected chi connectivity index (χ1v) is 8.40. The average molecular weight is 337 g/mol. The Morgan fingerprint density at radius 3 is 2.44 bits per heavy atom. The molecule has 2 amide bonds. The van der Waals surface area contributed by atoms with Crippen molar-refractivity contribution in [2.45, 2.75) is 13.0 Å². The van der Waals surface area contributed by atoms with Gasteiger partial charge in [0.1, 0.15) is 6.04 Å². The van der Waals surface area contributed by atoms with Gasteiger partial charge >= 0.3 is 0 Å². The zero-order valence-corrected chi connectivity index (χ0v) is 14.8. The minimum Gasteiger partial charge on any atom is -0.378 e. The van der Waals surface area contributed by atoms with Crippen LogP contribution in [0.25, 0.3) is 0 Å². The van der Waals surface area contributed by atoms with Gasteiger partial charge in [-0.05, 0) is 42.3 Å². The van der Waals surface area contributed by atoms with Gasteiger partial charge in [-0.3, -0.25) is 9.59 Å². The smallest absolute Gasteiger partial charge is 0.254 e. The molecule has 1 aliphatic heterocycles. The fourth-order valence-electron chi connectivity index (χ4n) is 3.16. The first-order chi connectivity index (χ1) is 12.0. The molecule has 2 aromatic rings. The molecule has 0 aliphatic carbocycles. The van der Waals surface area contributed by atoms with E-state index in [4.69, 9.17) is 0 Å². The summed E-state index contributed by atoms with van der Waals surface area (Å²) < 4.78 is 0. The highest BCUT2D eigenvalue weighted by Gasteiger charge is 2.35. The monoisotopic (exact) mass is 337 g/mol. The van der Waals surface area contributed by atoms with Gasteiger partial charge in [0.15, 0.2) is 0 Å². The molecular formula is C20H23N3O2. The molecular weight excluding hydrogens is 314 g/mol. The molecule has 3 rings (SSSR count). The highest BCUT2D eigenvalue weighted by atomic mass is 16.2. The third kappa shape index (κ3) is 3.36. The number of piperazine rings is 1. The van der Waals surface area contributed by atoms with Crippen LogP contribution in [0.15, 0.2) is 48.5 Å². The molecule has 5 heteroatoms. The van der Waals surface area contributed by atoms with E-state index in [1.165, 1.54) is 0 Å². The predicted octanol–water partition coefficient (Wildman–Crippen LogP) is 2.37. The summed E-state index contributed by atoms with van der Waals surface area (Å²) in [7, 11) is 3.92. The zero-order valence-electron chi connectivity index (χ0n) is 14.8. The molecule has 0 spiro atoms. The molecule has 1 fully saturated rings. The zero-order chi connectivity index (χ0) is 18.0. The maximum Gasteiger partial charge on any atom is 0.254 e. The Morgan fingerprint density at radius 2 is 1.80 bits per heavy atom. The summed E-state index contributed by atoms with van der Waals surface area (Å²) in [6.45, 7) is 2.94. The Labute approximate surface area is 148 Å². The molecule has 1 N–H and O–H groups in total. The van der Waals surface area contributed by atoms with Gasteiger partial charge in [0, 0.05) is 38.4 Å². The molecule has 2 aromatic carbocycles. The standard InChI is InChI=1S/C20H23N3O2/c1-14-6-4-5-7-17(14)18-19(24)21-12-13-23(18)20(25)15-8-10-16(11-9-15)22(2)3/h4-11,18H,12-13H2,1-3H3,(H,21,24)/t18-/m0/s1. The van der Waals surface area contributed by atoms with E-state index < -0.39 is 6.04 Å². The molecule has 130 valence electrons. The number of aryl methyl sites for hydroxylation is 1. The molecule has 25 heavy (non-hydrogen) atoms. The first-order valence-electron chi connectivity index (χ1n) is 8.40. The fourth-order valence-corrected chi connectivity index (χ4v) is 3.16. The van der Waals surface area contributed by atoms with Gasteiger partial charge in [-0.2, -0.15) is 0 Å². The normalized spacial score (nSPS) is 17.2. The van der Waals surface area contributed by atoms with Crippen LogP contribution in [-0.4, -0.2) is 43.9 Å². The molecule has 0 radical (unpaired) electrons. The van der Waals surface area contributed by atoms with Crippen LogP contribution >= 0.6 is 0 Å². The topological polar surface area (TPSA) is 52.7 Å². The molecule has 1 heterocycles. The summed E-state index contributed by atoms with van der Waals surface area (Å²) in [5, 5.41) is 2.88. The molecule has 5 nitrogen and oxygen atoms in total. The van der Waals surface area contributed by atoms with E-state index in [9.17, 15) is 9.59 Å². The van der Waals surface area contributed by atoms with Crippen LogP contribution in [-0.2, 0) is 4.79 Å². The molecule has 0 bridgehead atoms. The molecule has 0 aromatic heterocycles. The van der Waals surface area contributed by atoms with Gasteiger partial charge in [-0.1, -0.05) is 24.3 Å². The van der Waals surface area contributed by atoms with Crippen molar-refractivity contribution in [3.05, 3.63) is 65.2 Å². The van der Waals surface area contributed by atoms with Crippen LogP contribution in [0.2, 0.25) is 0 Å². The Balaban J connectivity index is 1.94. The van der Waals surface area contributed by atoms with Crippen LogP contribution < -0.4 is 10.2 Å². The number of carbonyl (C=O) groups excluding carboxylic acids is 2. The largest absolute Gasteiger partial charge is 0.378 e. The summed E-state index contributed by atoms with van der Waals surface area (Å²) in [5.41, 5.74) is 3.51. The highest BCUT2D eigenvalue weighted by molar-refractivity contribution is 5.98. The summed E-state index contributed by atoms with van der Waals surface area (Å²) in [6, 6.07) is 14.6. The third-order valence-electron chi connectivity index (χ3n) is 4.59. The van der Waals surface area contributed by atoms with Crippen LogP contribution in [0.3, 0.4) is 0 Å². The number of rotatable bonds is 3. The van der Waals surface area contributed by atoms with Crippen molar-refractivity contribution < 1.29 is 9.59 Å². The minimum absolute atomic E-state index is 0.117. The lowest BCUT2D eigenvalue weighted by molar-refractivity contribution is -0.128. The summed E-state index contributed by atoms with van der Waals surface area (Å²) in [6.07, 6.45) is 0. The van der Waals surface area contributed by atoms with E-state index in [0.29, 0.717) is 18.7 Å². The van der Waals surface area contributed by atoms with Gasteiger partial charge in [0.25, 0.3) is 5.91 Å². The van der Waals surface area contributed by atoms with E-state index in [1.807, 2.05) is 74.4 Å². The van der Waals surface area contributed by atoms with E-state index in [1.54, 1.807) is 4.90 Å². The molecule has 0 unspecified atom stereocenters. The summed E-state index contributed by atoms with van der Waals surface area (Å²) in [4.78, 5) is 29.2. The number of nitrogens with one attached hydrogen (secondary N) is 1. The number of hydrogen-bond acceptors (Lipinski definition) is 3. The van der Waals surface area contributed by atoms with E-state index in [0.717, 1.165) is 16.8 Å². The Hall–Kier alpha value is -2.82. The van der Waals surface area contributed by atoms with Gasteiger partial charge in [-0.25, -0.2) is 0 Å². The third-order valence-corrected chi connectivity index (χ3v) is 4.59. The number of amides is 2. The van der Waals surface area contributed by atoms with Gasteiger partial charge in [-0.15, -0.1) is 0 Å². The highest BCUT2D eigenvalue weighted by Crippen LogP contribution is 2.28. The average Bonchev–Trinajstić information content (AvgIpc) is 2.62. The van der Waals surface area contributed by atoms with Crippen molar-refractivity contribution in [3.8, 4) is 0 Å². The first kappa shape index (κ1) is 17.0. The number of benzene rings is 2. The number of hydrogen-bond donors (Lipinski definition) is 1.